The van der Waals surface area contributed by atoms with E-state index in [9.17, 15) is 0 Å². The number of halogens is 10. The van der Waals surface area contributed by atoms with Crippen molar-refractivity contribution in [1.29, 1.82) is 0 Å². The number of benzene rings is 2. The number of rotatable bonds is 14. The van der Waals surface area contributed by atoms with Crippen LogP contribution in [0.25, 0.3) is 12.2 Å². The molecule has 2 aliphatic rings. The number of hydrogen-bond acceptors (Lipinski definition) is 7. The number of alkyl halides is 6. The molecule has 0 heterocycles. The highest BCUT2D eigenvalue weighted by Crippen LogP contribution is 2.68. The van der Waals surface area contributed by atoms with Crippen molar-refractivity contribution in [2.45, 2.75) is 33.0 Å². The van der Waals surface area contributed by atoms with Crippen molar-refractivity contribution in [2.24, 2.45) is 0 Å². The van der Waals surface area contributed by atoms with Crippen molar-refractivity contribution >= 4 is 23.9 Å². The van der Waals surface area contributed by atoms with Gasteiger partial charge in [0.25, 0.3) is 11.3 Å². The van der Waals surface area contributed by atoms with E-state index in [-0.39, 0.29) is 23.3 Å². The van der Waals surface area contributed by atoms with Crippen molar-refractivity contribution in [3.63, 3.8) is 0 Å². The Balaban J connectivity index is 2.19. The van der Waals surface area contributed by atoms with Crippen LogP contribution in [0.4, 0.5) is 43.9 Å². The second kappa shape index (κ2) is 15.2. The maximum Gasteiger partial charge on any atom is 0.316 e. The first kappa shape index (κ1) is 41.4. The predicted molar refractivity (Wildman–Crippen MR) is 176 cm³/mol. The molecule has 288 valence electrons. The first-order valence-corrected chi connectivity index (χ1v) is 15.9. The van der Waals surface area contributed by atoms with E-state index in [1.165, 1.54) is 60.7 Å². The SMILES string of the molecule is COC1=C(OC)C(F)(OC)C(F)(C(F)(C=Cc2ccccc2)SC(F)(C=Cc2ccccc2)C2(F)C(F)=C(F)C(OC)=C(OC)C2(F)OC)C(F)=C1F. The van der Waals surface area contributed by atoms with Crippen LogP contribution >= 0.6 is 11.8 Å². The molecule has 6 atom stereocenters. The van der Waals surface area contributed by atoms with Crippen molar-refractivity contribution in [2.75, 3.05) is 42.7 Å². The summed E-state index contributed by atoms with van der Waals surface area (Å²) in [6.45, 7) is 0. The Bertz CT molecular complexity index is 1740. The summed E-state index contributed by atoms with van der Waals surface area (Å²) in [5.41, 5.74) is -10.8. The molecule has 0 fully saturated rings. The molecular formula is C36H32F10O6S. The van der Waals surface area contributed by atoms with Crippen LogP contribution in [0, 0.1) is 0 Å². The second-order valence-electron chi connectivity index (χ2n) is 11.2. The molecule has 53 heavy (non-hydrogen) atoms. The van der Waals surface area contributed by atoms with Gasteiger partial charge < -0.3 is 28.4 Å². The van der Waals surface area contributed by atoms with E-state index in [2.05, 4.69) is 18.9 Å². The fraction of sp³-hybridized carbons (Fsp3) is 0.333. The van der Waals surface area contributed by atoms with Crippen LogP contribution in [0.1, 0.15) is 11.1 Å². The molecule has 6 unspecified atom stereocenters. The highest BCUT2D eigenvalue weighted by Gasteiger charge is 2.82. The quantitative estimate of drug-likeness (QED) is 0.177. The third kappa shape index (κ3) is 6.09. The van der Waals surface area contributed by atoms with Gasteiger partial charge >= 0.3 is 11.7 Å². The van der Waals surface area contributed by atoms with Crippen LogP contribution in [0.15, 0.2) is 119 Å². The number of hydrogen-bond donors (Lipinski definition) is 0. The molecule has 2 aromatic rings. The standard InChI is InChI=1S/C36H32F10O6S/c1-47-25-23(37)27(39)33(43,35(45,51-5)29(25)49-3)31(41,19-17-21-13-9-7-10-14-21)53-32(42,20-18-22-15-11-8-12-16-22)34(44)28(40)24(38)26(48-2)30(50-4)36(34,46)52-6/h7-20H,1-6H3. The van der Waals surface area contributed by atoms with Crippen LogP contribution in [0.3, 0.4) is 0 Å². The molecule has 0 aromatic heterocycles. The van der Waals surface area contributed by atoms with Gasteiger partial charge in [0.15, 0.2) is 11.7 Å². The lowest BCUT2D eigenvalue weighted by Gasteiger charge is -2.50. The van der Waals surface area contributed by atoms with Gasteiger partial charge in [-0.3, -0.25) is 0 Å². The molecule has 0 amide bonds. The lowest BCUT2D eigenvalue weighted by molar-refractivity contribution is -0.231. The van der Waals surface area contributed by atoms with E-state index in [4.69, 9.17) is 9.47 Å². The van der Waals surface area contributed by atoms with Gasteiger partial charge in [-0.15, -0.1) is 0 Å². The van der Waals surface area contributed by atoms with Gasteiger partial charge in [0.05, 0.1) is 28.4 Å². The summed E-state index contributed by atoms with van der Waals surface area (Å²) in [6, 6.07) is 13.4. The zero-order valence-electron chi connectivity index (χ0n) is 28.7. The van der Waals surface area contributed by atoms with Crippen LogP contribution in [-0.4, -0.2) is 75.7 Å². The third-order valence-corrected chi connectivity index (χ3v) is 9.90. The summed E-state index contributed by atoms with van der Waals surface area (Å²) >= 11 is -1.48. The first-order chi connectivity index (χ1) is 24.9. The average Bonchev–Trinajstić information content (AvgIpc) is 3.17. The van der Waals surface area contributed by atoms with Gasteiger partial charge in [-0.1, -0.05) is 84.6 Å². The zero-order chi connectivity index (χ0) is 39.6. The van der Waals surface area contributed by atoms with Crippen molar-refractivity contribution in [1.82, 2.24) is 0 Å². The van der Waals surface area contributed by atoms with Crippen LogP contribution < -0.4 is 0 Å². The topological polar surface area (TPSA) is 55.4 Å². The molecule has 2 aromatic carbocycles. The van der Waals surface area contributed by atoms with E-state index in [0.29, 0.717) is 54.8 Å². The Morgan fingerprint density at radius 2 is 0.849 bits per heavy atom. The molecule has 0 spiro atoms. The maximum atomic E-state index is 18.2. The largest absolute Gasteiger partial charge is 0.492 e. The molecule has 0 radical (unpaired) electrons. The maximum absolute atomic E-state index is 18.2. The molecule has 2 aliphatic carbocycles. The molecule has 0 bridgehead atoms. The Labute approximate surface area is 302 Å². The smallest absolute Gasteiger partial charge is 0.316 e. The van der Waals surface area contributed by atoms with Gasteiger partial charge in [-0.2, -0.15) is 17.6 Å². The first-order valence-electron chi connectivity index (χ1n) is 15.1. The lowest BCUT2D eigenvalue weighted by Crippen LogP contribution is -2.68. The molecule has 17 heteroatoms. The predicted octanol–water partition coefficient (Wildman–Crippen LogP) is 9.86. The highest BCUT2D eigenvalue weighted by atomic mass is 32.2. The third-order valence-electron chi connectivity index (χ3n) is 8.47. The van der Waals surface area contributed by atoms with Crippen molar-refractivity contribution in [3.05, 3.63) is 130 Å². The normalized spacial score (nSPS) is 29.1. The molecule has 4 rings (SSSR count). The van der Waals surface area contributed by atoms with Crippen LogP contribution in [0.2, 0.25) is 0 Å². The lowest BCUT2D eigenvalue weighted by atomic mass is 9.81. The number of thioether (sulfide) groups is 1. The number of ether oxygens (including phenoxy) is 6. The van der Waals surface area contributed by atoms with Gasteiger partial charge in [-0.05, 0) is 23.3 Å². The molecule has 0 saturated carbocycles. The van der Waals surface area contributed by atoms with Crippen LogP contribution in [0.5, 0.6) is 0 Å². The highest BCUT2D eigenvalue weighted by molar-refractivity contribution is 8.02. The minimum Gasteiger partial charge on any atom is -0.492 e. The Hall–Kier alpha value is -4.35. The Morgan fingerprint density at radius 1 is 0.528 bits per heavy atom. The molecule has 0 aliphatic heterocycles. The molecule has 0 saturated heterocycles. The van der Waals surface area contributed by atoms with Gasteiger partial charge in [0, 0.05) is 14.2 Å². The average molecular weight is 783 g/mol. The molecular weight excluding hydrogens is 750 g/mol. The van der Waals surface area contributed by atoms with E-state index >= 15 is 43.9 Å². The minimum atomic E-state index is -5.33. The van der Waals surface area contributed by atoms with Gasteiger partial charge in [0.2, 0.25) is 44.7 Å². The number of methoxy groups -OCH3 is 6. The summed E-state index contributed by atoms with van der Waals surface area (Å²) in [6.07, 6.45) is 1.07. The molecule has 0 N–H and O–H groups in total. The fourth-order valence-corrected chi connectivity index (χ4v) is 7.22. The van der Waals surface area contributed by atoms with E-state index < -0.39 is 91.2 Å². The van der Waals surface area contributed by atoms with E-state index in [1.54, 1.807) is 0 Å². The second-order valence-corrected chi connectivity index (χ2v) is 12.6. The summed E-state index contributed by atoms with van der Waals surface area (Å²) in [4.78, 5) is 0. The Morgan fingerprint density at radius 3 is 1.11 bits per heavy atom. The fourth-order valence-electron chi connectivity index (χ4n) is 5.79. The summed E-state index contributed by atoms with van der Waals surface area (Å²) in [7, 11) is 3.29. The van der Waals surface area contributed by atoms with Crippen LogP contribution in [-0.2, 0) is 28.4 Å². The monoisotopic (exact) mass is 782 g/mol. The van der Waals surface area contributed by atoms with E-state index in [0.717, 1.165) is 0 Å². The zero-order valence-corrected chi connectivity index (χ0v) is 29.5. The van der Waals surface area contributed by atoms with Crippen molar-refractivity contribution in [3.8, 4) is 0 Å². The number of allylic oxidation sites excluding steroid dienone is 2. The van der Waals surface area contributed by atoms with Gasteiger partial charge in [0.1, 0.15) is 0 Å². The van der Waals surface area contributed by atoms with E-state index in [1.807, 2.05) is 0 Å². The molecule has 6 nitrogen and oxygen atoms in total. The van der Waals surface area contributed by atoms with Gasteiger partial charge in [-0.25, -0.2) is 26.3 Å². The Kier molecular flexibility index (Phi) is 11.9. The minimum absolute atomic E-state index is 0.0681. The summed E-state index contributed by atoms with van der Waals surface area (Å²) in [5.74, 6) is -26.4. The summed E-state index contributed by atoms with van der Waals surface area (Å²) < 4.78 is 198. The summed E-state index contributed by atoms with van der Waals surface area (Å²) in [5, 5.41) is -9.84. The van der Waals surface area contributed by atoms with Crippen molar-refractivity contribution < 1.29 is 72.3 Å².